The average Bonchev–Trinajstić information content (AvgIpc) is 2.36. The number of carboxylic acids is 1. The Hall–Kier alpha value is -1.59. The van der Waals surface area contributed by atoms with Gasteiger partial charge in [-0.1, -0.05) is 6.07 Å². The molecule has 0 aliphatic heterocycles. The fraction of sp³-hybridized carbons (Fsp3) is 0.500. The van der Waals surface area contributed by atoms with Gasteiger partial charge in [-0.2, -0.15) is 0 Å². The summed E-state index contributed by atoms with van der Waals surface area (Å²) in [6.07, 6.45) is 0. The molecule has 106 valence electrons. The van der Waals surface area contributed by atoms with Crippen molar-refractivity contribution in [3.05, 3.63) is 28.3 Å². The van der Waals surface area contributed by atoms with Gasteiger partial charge in [-0.25, -0.2) is 0 Å². The van der Waals surface area contributed by atoms with Gasteiger partial charge in [0.15, 0.2) is 0 Å². The molecule has 1 aromatic rings. The van der Waals surface area contributed by atoms with Crippen LogP contribution in [-0.2, 0) is 4.79 Å². The van der Waals surface area contributed by atoms with E-state index in [0.717, 1.165) is 28.0 Å². The van der Waals surface area contributed by atoms with Crippen molar-refractivity contribution in [2.75, 3.05) is 14.2 Å². The van der Waals surface area contributed by atoms with Gasteiger partial charge in [0.2, 0.25) is 0 Å². The average molecular weight is 266 g/mol. The Kier molecular flexibility index (Phi) is 4.91. The predicted octanol–water partition coefficient (Wildman–Crippen LogP) is 1.29. The van der Waals surface area contributed by atoms with Gasteiger partial charge in [0.1, 0.15) is 11.8 Å². The maximum atomic E-state index is 11.1. The summed E-state index contributed by atoms with van der Waals surface area (Å²) in [5, 5.41) is 12.1. The second kappa shape index (κ2) is 6.04. The molecule has 0 bridgehead atoms. The van der Waals surface area contributed by atoms with Gasteiger partial charge in [-0.15, -0.1) is 0 Å². The second-order valence-electron chi connectivity index (χ2n) is 4.70. The number of aliphatic carboxylic acids is 1. The van der Waals surface area contributed by atoms with Crippen LogP contribution < -0.4 is 15.8 Å². The molecule has 5 nitrogen and oxygen atoms in total. The maximum absolute atomic E-state index is 11.1. The van der Waals surface area contributed by atoms with E-state index >= 15 is 0 Å². The molecule has 19 heavy (non-hydrogen) atoms. The summed E-state index contributed by atoms with van der Waals surface area (Å²) in [5.74, 6) is -0.190. The van der Waals surface area contributed by atoms with Crippen molar-refractivity contribution in [1.82, 2.24) is 5.32 Å². The van der Waals surface area contributed by atoms with Crippen LogP contribution in [0.25, 0.3) is 0 Å². The Bertz CT molecular complexity index is 486. The number of likely N-dealkylation sites (N-methyl/N-ethyl adjacent to an activating group) is 1. The highest BCUT2D eigenvalue weighted by Crippen LogP contribution is 2.32. The summed E-state index contributed by atoms with van der Waals surface area (Å²) < 4.78 is 5.36. The lowest BCUT2D eigenvalue weighted by Crippen LogP contribution is -2.42. The van der Waals surface area contributed by atoms with Crippen LogP contribution in [0.5, 0.6) is 5.75 Å². The Labute approximate surface area is 113 Å². The molecule has 0 amide bonds. The number of aryl methyl sites for hydroxylation is 1. The molecule has 4 N–H and O–H groups in total. The Morgan fingerprint density at radius 2 is 1.95 bits per heavy atom. The molecule has 0 aromatic heterocycles. The lowest BCUT2D eigenvalue weighted by Gasteiger charge is -2.25. The van der Waals surface area contributed by atoms with Crippen LogP contribution in [0.15, 0.2) is 6.07 Å². The number of nitrogens with one attached hydrogen (secondary N) is 1. The Morgan fingerprint density at radius 1 is 1.37 bits per heavy atom. The fourth-order valence-electron chi connectivity index (χ4n) is 2.40. The lowest BCUT2D eigenvalue weighted by atomic mass is 9.90. The second-order valence-corrected chi connectivity index (χ2v) is 4.70. The summed E-state index contributed by atoms with van der Waals surface area (Å²) in [6.45, 7) is 5.85. The van der Waals surface area contributed by atoms with Crippen LogP contribution in [0.1, 0.15) is 28.3 Å². The highest BCUT2D eigenvalue weighted by Gasteiger charge is 2.27. The van der Waals surface area contributed by atoms with E-state index < -0.39 is 18.1 Å². The topological polar surface area (TPSA) is 84.6 Å². The molecule has 1 aromatic carbocycles. The van der Waals surface area contributed by atoms with Crippen molar-refractivity contribution in [2.45, 2.75) is 32.9 Å². The number of hydrogen-bond acceptors (Lipinski definition) is 4. The molecular weight excluding hydrogens is 244 g/mol. The Balaban J connectivity index is 3.37. The molecule has 0 saturated carbocycles. The standard InChI is InChI=1S/C14H22N2O3/c1-7-6-10(8(2)9(3)13(7)19-5)12(16-4)11(15)14(17)18/h6,11-12,16H,15H2,1-5H3,(H,17,18). The minimum Gasteiger partial charge on any atom is -0.496 e. The monoisotopic (exact) mass is 266 g/mol. The molecule has 1 rings (SSSR count). The third-order valence-corrected chi connectivity index (χ3v) is 3.56. The molecular formula is C14H22N2O3. The van der Waals surface area contributed by atoms with Gasteiger partial charge in [0.25, 0.3) is 0 Å². The number of nitrogens with two attached hydrogens (primary N) is 1. The SMILES string of the molecule is CNC(c1cc(C)c(OC)c(C)c1C)C(N)C(=O)O. The van der Waals surface area contributed by atoms with E-state index in [1.165, 1.54) is 0 Å². The largest absolute Gasteiger partial charge is 0.496 e. The van der Waals surface area contributed by atoms with E-state index in [-0.39, 0.29) is 0 Å². The number of rotatable bonds is 5. The molecule has 0 aliphatic rings. The minimum atomic E-state index is -1.02. The lowest BCUT2D eigenvalue weighted by molar-refractivity contribution is -0.139. The zero-order valence-electron chi connectivity index (χ0n) is 12.1. The van der Waals surface area contributed by atoms with Gasteiger partial charge in [0.05, 0.1) is 13.2 Å². The predicted molar refractivity (Wildman–Crippen MR) is 74.6 cm³/mol. The number of carbonyl (C=O) groups is 1. The summed E-state index contributed by atoms with van der Waals surface area (Å²) in [4.78, 5) is 11.1. The van der Waals surface area contributed by atoms with Crippen LogP contribution >= 0.6 is 0 Å². The molecule has 0 aliphatic carbocycles. The normalized spacial score (nSPS) is 14.0. The summed E-state index contributed by atoms with van der Waals surface area (Å²) in [6, 6.07) is 0.516. The Morgan fingerprint density at radius 3 is 2.37 bits per heavy atom. The van der Waals surface area contributed by atoms with Crippen LogP contribution in [0.4, 0.5) is 0 Å². The van der Waals surface area contributed by atoms with E-state index in [0.29, 0.717) is 0 Å². The summed E-state index contributed by atoms with van der Waals surface area (Å²) >= 11 is 0. The number of ether oxygens (including phenoxy) is 1. The van der Waals surface area contributed by atoms with E-state index in [1.54, 1.807) is 14.2 Å². The van der Waals surface area contributed by atoms with E-state index in [9.17, 15) is 4.79 Å². The van der Waals surface area contributed by atoms with Crippen molar-refractivity contribution >= 4 is 5.97 Å². The molecule has 0 spiro atoms. The van der Waals surface area contributed by atoms with Crippen molar-refractivity contribution < 1.29 is 14.6 Å². The first-order valence-electron chi connectivity index (χ1n) is 6.15. The van der Waals surface area contributed by atoms with Gasteiger partial charge < -0.3 is 20.9 Å². The highest BCUT2D eigenvalue weighted by atomic mass is 16.5. The smallest absolute Gasteiger partial charge is 0.322 e. The first-order chi connectivity index (χ1) is 8.84. The molecule has 2 unspecified atom stereocenters. The van der Waals surface area contributed by atoms with Gasteiger partial charge in [-0.3, -0.25) is 4.79 Å². The van der Waals surface area contributed by atoms with Gasteiger partial charge in [-0.05, 0) is 50.1 Å². The fourth-order valence-corrected chi connectivity index (χ4v) is 2.40. The molecule has 0 heterocycles. The number of carboxylic acid groups (broad SMARTS) is 1. The van der Waals surface area contributed by atoms with Crippen molar-refractivity contribution in [2.24, 2.45) is 5.73 Å². The number of benzene rings is 1. The minimum absolute atomic E-state index is 0.430. The van der Waals surface area contributed by atoms with E-state index in [4.69, 9.17) is 15.6 Å². The zero-order chi connectivity index (χ0) is 14.7. The van der Waals surface area contributed by atoms with Crippen LogP contribution in [-0.4, -0.2) is 31.3 Å². The third-order valence-electron chi connectivity index (χ3n) is 3.56. The molecule has 2 atom stereocenters. The van der Waals surface area contributed by atoms with Crippen molar-refractivity contribution in [3.63, 3.8) is 0 Å². The van der Waals surface area contributed by atoms with Crippen LogP contribution in [0.2, 0.25) is 0 Å². The summed E-state index contributed by atoms with van der Waals surface area (Å²) in [7, 11) is 3.34. The zero-order valence-corrected chi connectivity index (χ0v) is 12.1. The maximum Gasteiger partial charge on any atom is 0.322 e. The number of hydrogen-bond donors (Lipinski definition) is 3. The van der Waals surface area contributed by atoms with E-state index in [1.807, 2.05) is 26.8 Å². The number of methoxy groups -OCH3 is 1. The quantitative estimate of drug-likeness (QED) is 0.748. The molecule has 0 saturated heterocycles. The van der Waals surface area contributed by atoms with E-state index in [2.05, 4.69) is 5.32 Å². The molecule has 0 radical (unpaired) electrons. The van der Waals surface area contributed by atoms with Crippen LogP contribution in [0, 0.1) is 20.8 Å². The first kappa shape index (κ1) is 15.5. The highest BCUT2D eigenvalue weighted by molar-refractivity contribution is 5.74. The molecule has 5 heteroatoms. The first-order valence-corrected chi connectivity index (χ1v) is 6.15. The van der Waals surface area contributed by atoms with Crippen molar-refractivity contribution in [1.29, 1.82) is 0 Å². The van der Waals surface area contributed by atoms with Crippen LogP contribution in [0.3, 0.4) is 0 Å². The third kappa shape index (κ3) is 2.88. The van der Waals surface area contributed by atoms with Gasteiger partial charge in [0, 0.05) is 0 Å². The van der Waals surface area contributed by atoms with Gasteiger partial charge >= 0.3 is 5.97 Å². The summed E-state index contributed by atoms with van der Waals surface area (Å²) in [5.41, 5.74) is 9.63. The van der Waals surface area contributed by atoms with Crippen molar-refractivity contribution in [3.8, 4) is 5.75 Å². The molecule has 0 fully saturated rings.